The SMILES string of the molecule is Br.[CH2-]CCCCCCCCCCCCC.[Zn]. The quantitative estimate of drug-likeness (QED) is 0.242. The number of hydrogen-bond acceptors (Lipinski definition) is 0. The van der Waals surface area contributed by atoms with Crippen LogP contribution in [0.25, 0.3) is 0 Å². The fourth-order valence-corrected chi connectivity index (χ4v) is 1.84. The van der Waals surface area contributed by atoms with Gasteiger partial charge in [0.25, 0.3) is 0 Å². The van der Waals surface area contributed by atoms with Crippen LogP contribution in [-0.4, -0.2) is 0 Å². The van der Waals surface area contributed by atoms with Crippen LogP contribution in [0.5, 0.6) is 0 Å². The number of unbranched alkanes of at least 4 members (excludes halogenated alkanes) is 11. The van der Waals surface area contributed by atoms with Crippen LogP contribution in [-0.2, 0) is 19.5 Å². The maximum absolute atomic E-state index is 3.86. The smallest absolute Gasteiger partial charge is 0 e. The van der Waals surface area contributed by atoms with Gasteiger partial charge >= 0.3 is 0 Å². The molecule has 0 aromatic heterocycles. The normalized spacial score (nSPS) is 9.38. The Bertz CT molecular complexity index is 84.7. The van der Waals surface area contributed by atoms with Crippen LogP contribution in [0.4, 0.5) is 0 Å². The summed E-state index contributed by atoms with van der Waals surface area (Å²) in [6, 6.07) is 0. The van der Waals surface area contributed by atoms with E-state index in [2.05, 4.69) is 13.8 Å². The van der Waals surface area contributed by atoms with Crippen LogP contribution >= 0.6 is 17.0 Å². The van der Waals surface area contributed by atoms with E-state index in [0.29, 0.717) is 0 Å². The zero-order chi connectivity index (χ0) is 10.5. The van der Waals surface area contributed by atoms with Crippen molar-refractivity contribution in [1.82, 2.24) is 0 Å². The third-order valence-electron chi connectivity index (χ3n) is 2.85. The van der Waals surface area contributed by atoms with Crippen molar-refractivity contribution < 1.29 is 19.5 Å². The molecular weight excluding hydrogens is 313 g/mol. The van der Waals surface area contributed by atoms with Gasteiger partial charge in [0.1, 0.15) is 0 Å². The first-order valence-corrected chi connectivity index (χ1v) is 6.71. The molecule has 0 aliphatic rings. The maximum atomic E-state index is 3.86. The third kappa shape index (κ3) is 20.5. The molecule has 0 heterocycles. The molecule has 0 radical (unpaired) electrons. The summed E-state index contributed by atoms with van der Waals surface area (Å²) in [6.07, 6.45) is 16.9. The average Bonchev–Trinajstić information content (AvgIpc) is 2.21. The predicted octanol–water partition coefficient (Wildman–Crippen LogP) is 6.10. The van der Waals surface area contributed by atoms with Gasteiger partial charge < -0.3 is 6.92 Å². The molecular formula is C14H30BrZn-. The molecule has 0 rings (SSSR count). The Kier molecular flexibility index (Phi) is 29.8. The molecule has 0 bridgehead atoms. The van der Waals surface area contributed by atoms with Gasteiger partial charge in [0.2, 0.25) is 0 Å². The van der Waals surface area contributed by atoms with E-state index in [1.54, 1.807) is 0 Å². The summed E-state index contributed by atoms with van der Waals surface area (Å²) in [7, 11) is 0. The van der Waals surface area contributed by atoms with E-state index in [4.69, 9.17) is 0 Å². The minimum Gasteiger partial charge on any atom is -0.343 e. The summed E-state index contributed by atoms with van der Waals surface area (Å²) in [5, 5.41) is 0. The molecule has 0 aromatic rings. The van der Waals surface area contributed by atoms with E-state index in [1.165, 1.54) is 70.6 Å². The maximum Gasteiger partial charge on any atom is 0 e. The van der Waals surface area contributed by atoms with E-state index >= 15 is 0 Å². The van der Waals surface area contributed by atoms with E-state index in [1.807, 2.05) is 0 Å². The standard InChI is InChI=1S/C14H29.BrH.Zn/c1-3-5-7-9-11-13-14-12-10-8-6-4-2;;/h1,3-14H2,2H3;1H;/q-1;;. The number of halogens is 1. The summed E-state index contributed by atoms with van der Waals surface area (Å²) >= 11 is 0. The van der Waals surface area contributed by atoms with Crippen molar-refractivity contribution in [1.29, 1.82) is 0 Å². The summed E-state index contributed by atoms with van der Waals surface area (Å²) in [4.78, 5) is 0. The third-order valence-corrected chi connectivity index (χ3v) is 2.85. The zero-order valence-corrected chi connectivity index (χ0v) is 16.0. The molecule has 0 spiro atoms. The molecule has 2 heteroatoms. The van der Waals surface area contributed by atoms with Gasteiger partial charge in [-0.15, -0.1) is 17.0 Å². The minimum absolute atomic E-state index is 0. The van der Waals surface area contributed by atoms with Gasteiger partial charge in [-0.2, -0.15) is 6.42 Å². The first-order chi connectivity index (χ1) is 6.91. The Morgan fingerprint density at radius 2 is 0.938 bits per heavy atom. The van der Waals surface area contributed by atoms with Crippen LogP contribution in [0, 0.1) is 6.92 Å². The second kappa shape index (κ2) is 21.4. The second-order valence-electron chi connectivity index (χ2n) is 4.39. The van der Waals surface area contributed by atoms with Crippen molar-refractivity contribution in [2.45, 2.75) is 84.0 Å². The Morgan fingerprint density at radius 3 is 1.25 bits per heavy atom. The first-order valence-electron chi connectivity index (χ1n) is 6.71. The molecule has 0 aliphatic carbocycles. The molecule has 0 nitrogen and oxygen atoms in total. The monoisotopic (exact) mass is 341 g/mol. The van der Waals surface area contributed by atoms with Crippen molar-refractivity contribution in [2.24, 2.45) is 0 Å². The fraction of sp³-hybridized carbons (Fsp3) is 0.929. The molecule has 0 aliphatic heterocycles. The fourth-order valence-electron chi connectivity index (χ4n) is 1.84. The molecule has 0 aromatic carbocycles. The predicted molar refractivity (Wildman–Crippen MR) is 76.8 cm³/mol. The van der Waals surface area contributed by atoms with Crippen molar-refractivity contribution in [3.63, 3.8) is 0 Å². The van der Waals surface area contributed by atoms with E-state index < -0.39 is 0 Å². The Balaban J connectivity index is -0.000000845. The molecule has 0 fully saturated rings. The van der Waals surface area contributed by atoms with Gasteiger partial charge in [-0.25, -0.2) is 0 Å². The van der Waals surface area contributed by atoms with Crippen LogP contribution in [0.15, 0.2) is 0 Å². The van der Waals surface area contributed by atoms with E-state index in [-0.39, 0.29) is 36.5 Å². The van der Waals surface area contributed by atoms with Crippen LogP contribution < -0.4 is 0 Å². The van der Waals surface area contributed by atoms with Crippen molar-refractivity contribution in [3.05, 3.63) is 6.92 Å². The van der Waals surface area contributed by atoms with Crippen molar-refractivity contribution in [2.75, 3.05) is 0 Å². The molecule has 0 unspecified atom stereocenters. The minimum atomic E-state index is 0. The van der Waals surface area contributed by atoms with Gasteiger partial charge in [-0.3, -0.25) is 0 Å². The molecule has 0 atom stereocenters. The van der Waals surface area contributed by atoms with Gasteiger partial charge in [-0.1, -0.05) is 77.6 Å². The second-order valence-corrected chi connectivity index (χ2v) is 4.39. The Labute approximate surface area is 127 Å². The first kappa shape index (κ1) is 22.3. The molecule has 0 saturated carbocycles. The number of hydrogen-bond donors (Lipinski definition) is 0. The van der Waals surface area contributed by atoms with E-state index in [9.17, 15) is 0 Å². The van der Waals surface area contributed by atoms with Crippen molar-refractivity contribution in [3.8, 4) is 0 Å². The Morgan fingerprint density at radius 1 is 0.625 bits per heavy atom. The molecule has 96 valence electrons. The largest absolute Gasteiger partial charge is 0.343 e. The molecule has 16 heavy (non-hydrogen) atoms. The van der Waals surface area contributed by atoms with Crippen LogP contribution in [0.2, 0.25) is 0 Å². The zero-order valence-electron chi connectivity index (χ0n) is 11.3. The summed E-state index contributed by atoms with van der Waals surface area (Å²) in [5.41, 5.74) is 0. The van der Waals surface area contributed by atoms with Gasteiger partial charge in [-0.05, 0) is 0 Å². The average molecular weight is 344 g/mol. The van der Waals surface area contributed by atoms with Crippen molar-refractivity contribution >= 4 is 17.0 Å². The van der Waals surface area contributed by atoms with Gasteiger partial charge in [0.15, 0.2) is 0 Å². The Hall–Kier alpha value is 1.10. The van der Waals surface area contributed by atoms with Gasteiger partial charge in [0, 0.05) is 19.5 Å². The molecule has 0 saturated heterocycles. The summed E-state index contributed by atoms with van der Waals surface area (Å²) in [6.45, 7) is 6.14. The number of rotatable bonds is 11. The summed E-state index contributed by atoms with van der Waals surface area (Å²) < 4.78 is 0. The van der Waals surface area contributed by atoms with E-state index in [0.717, 1.165) is 6.42 Å². The van der Waals surface area contributed by atoms with Crippen LogP contribution in [0.3, 0.4) is 0 Å². The van der Waals surface area contributed by atoms with Gasteiger partial charge in [0.05, 0.1) is 0 Å². The molecule has 0 N–H and O–H groups in total. The van der Waals surface area contributed by atoms with Crippen LogP contribution in [0.1, 0.15) is 84.0 Å². The topological polar surface area (TPSA) is 0 Å². The summed E-state index contributed by atoms with van der Waals surface area (Å²) in [5.74, 6) is 0. The molecule has 0 amide bonds.